The number of carbonyl (C=O) groups excluding carboxylic acids is 1. The first-order valence-corrected chi connectivity index (χ1v) is 12.1. The van der Waals surface area contributed by atoms with E-state index in [0.29, 0.717) is 49.1 Å². The molecule has 0 atom stereocenters. The maximum atomic E-state index is 12.8. The predicted octanol–water partition coefficient (Wildman–Crippen LogP) is 3.76. The van der Waals surface area contributed by atoms with Crippen molar-refractivity contribution in [2.75, 3.05) is 36.9 Å². The molecule has 2 fully saturated rings. The van der Waals surface area contributed by atoms with Crippen LogP contribution in [-0.2, 0) is 9.53 Å². The van der Waals surface area contributed by atoms with Crippen LogP contribution in [0.5, 0.6) is 0 Å². The van der Waals surface area contributed by atoms with Gasteiger partial charge < -0.3 is 20.3 Å². The van der Waals surface area contributed by atoms with Gasteiger partial charge in [-0.05, 0) is 43.9 Å². The van der Waals surface area contributed by atoms with Crippen molar-refractivity contribution < 1.29 is 9.53 Å². The van der Waals surface area contributed by atoms with Gasteiger partial charge in [0.2, 0.25) is 11.9 Å². The second-order valence-corrected chi connectivity index (χ2v) is 9.33. The Morgan fingerprint density at radius 2 is 1.91 bits per heavy atom. The van der Waals surface area contributed by atoms with Crippen molar-refractivity contribution in [2.45, 2.75) is 31.7 Å². The molecule has 10 heteroatoms. The Morgan fingerprint density at radius 1 is 1.09 bits per heavy atom. The van der Waals surface area contributed by atoms with E-state index in [1.807, 2.05) is 29.2 Å². The van der Waals surface area contributed by atoms with E-state index in [1.165, 1.54) is 6.33 Å². The number of benzene rings is 1. The monoisotopic (exact) mass is 511 g/mol. The van der Waals surface area contributed by atoms with Gasteiger partial charge in [0.05, 0.1) is 19.4 Å². The number of hydrogen-bond acceptors (Lipinski definition) is 8. The van der Waals surface area contributed by atoms with Crippen molar-refractivity contribution in [3.63, 3.8) is 0 Å². The molecule has 1 aromatic carbocycles. The molecule has 0 spiro atoms. The maximum Gasteiger partial charge on any atom is 0.225 e. The van der Waals surface area contributed by atoms with Gasteiger partial charge in [-0.3, -0.25) is 4.79 Å². The zero-order chi connectivity index (χ0) is 22.6. The second kappa shape index (κ2) is 9.96. The molecule has 3 aromatic rings. The molecule has 1 aliphatic carbocycles. The van der Waals surface area contributed by atoms with Crippen molar-refractivity contribution >= 4 is 50.3 Å². The van der Waals surface area contributed by atoms with Crippen molar-refractivity contribution in [3.8, 4) is 0 Å². The predicted molar refractivity (Wildman–Crippen MR) is 129 cm³/mol. The molecular formula is C23H26BrN7O2. The van der Waals surface area contributed by atoms with Crippen molar-refractivity contribution in [1.82, 2.24) is 24.8 Å². The fourth-order valence-electron chi connectivity index (χ4n) is 4.43. The minimum atomic E-state index is 0.105. The molecule has 33 heavy (non-hydrogen) atoms. The number of aromatic nitrogens is 4. The molecule has 1 saturated heterocycles. The highest BCUT2D eigenvalue weighted by Gasteiger charge is 2.30. The van der Waals surface area contributed by atoms with Crippen molar-refractivity contribution in [1.29, 1.82) is 0 Å². The summed E-state index contributed by atoms with van der Waals surface area (Å²) in [5, 5.41) is 6.77. The van der Waals surface area contributed by atoms with Crippen molar-refractivity contribution in [3.05, 3.63) is 41.3 Å². The van der Waals surface area contributed by atoms with Gasteiger partial charge in [0.1, 0.15) is 17.4 Å². The van der Waals surface area contributed by atoms with Gasteiger partial charge in [-0.2, -0.15) is 0 Å². The van der Waals surface area contributed by atoms with Crippen LogP contribution in [0.2, 0.25) is 0 Å². The number of nitrogens with zero attached hydrogens (tertiary/aromatic N) is 5. The number of nitrogens with one attached hydrogen (secondary N) is 2. The van der Waals surface area contributed by atoms with E-state index in [4.69, 9.17) is 9.72 Å². The number of anilines is 3. The van der Waals surface area contributed by atoms with E-state index in [2.05, 4.69) is 41.5 Å². The number of morpholine rings is 1. The highest BCUT2D eigenvalue weighted by molar-refractivity contribution is 9.10. The van der Waals surface area contributed by atoms with Crippen LogP contribution in [0.1, 0.15) is 25.7 Å². The van der Waals surface area contributed by atoms with Crippen LogP contribution in [-0.4, -0.2) is 63.1 Å². The van der Waals surface area contributed by atoms with Gasteiger partial charge in [0.15, 0.2) is 5.82 Å². The quantitative estimate of drug-likeness (QED) is 0.533. The summed E-state index contributed by atoms with van der Waals surface area (Å²) in [6, 6.07) is 8.11. The molecular weight excluding hydrogens is 486 g/mol. The third-order valence-electron chi connectivity index (χ3n) is 6.20. The lowest BCUT2D eigenvalue weighted by atomic mass is 9.85. The molecule has 2 aromatic heterocycles. The fraction of sp³-hybridized carbons (Fsp3) is 0.435. The maximum absolute atomic E-state index is 12.8. The summed E-state index contributed by atoms with van der Waals surface area (Å²) in [5.74, 6) is 1.56. The van der Waals surface area contributed by atoms with E-state index >= 15 is 0 Å². The van der Waals surface area contributed by atoms with Crippen LogP contribution in [0.3, 0.4) is 0 Å². The first kappa shape index (κ1) is 22.0. The summed E-state index contributed by atoms with van der Waals surface area (Å²) in [7, 11) is 0. The largest absolute Gasteiger partial charge is 0.378 e. The summed E-state index contributed by atoms with van der Waals surface area (Å²) < 4.78 is 6.34. The molecule has 5 rings (SSSR count). The van der Waals surface area contributed by atoms with Crippen molar-refractivity contribution in [2.24, 2.45) is 5.92 Å². The molecule has 1 aliphatic heterocycles. The Kier molecular flexibility index (Phi) is 6.63. The van der Waals surface area contributed by atoms with E-state index in [1.54, 1.807) is 6.20 Å². The van der Waals surface area contributed by atoms with Gasteiger partial charge in [-0.1, -0.05) is 22.0 Å². The van der Waals surface area contributed by atoms with Gasteiger partial charge in [-0.15, -0.1) is 0 Å². The molecule has 9 nitrogen and oxygen atoms in total. The SMILES string of the molecule is O=C([C@H]1CC[C@H](Nc2ncc3ncnc(Nc4cccc(Br)c4)c3n2)CC1)N1CCOCC1. The smallest absolute Gasteiger partial charge is 0.225 e. The van der Waals surface area contributed by atoms with Crippen LogP contribution in [0.15, 0.2) is 41.3 Å². The Hall–Kier alpha value is -2.85. The summed E-state index contributed by atoms with van der Waals surface area (Å²) in [4.78, 5) is 32.6. The summed E-state index contributed by atoms with van der Waals surface area (Å²) in [5.41, 5.74) is 2.24. The van der Waals surface area contributed by atoms with Gasteiger partial charge >= 0.3 is 0 Å². The van der Waals surface area contributed by atoms with Crippen LogP contribution >= 0.6 is 15.9 Å². The zero-order valence-corrected chi connectivity index (χ0v) is 19.8. The molecule has 0 unspecified atom stereocenters. The van der Waals surface area contributed by atoms with Crippen LogP contribution < -0.4 is 10.6 Å². The number of carbonyl (C=O) groups is 1. The number of hydrogen-bond donors (Lipinski definition) is 2. The number of ether oxygens (including phenoxy) is 1. The Bertz CT molecular complexity index is 1130. The third kappa shape index (κ3) is 5.22. The summed E-state index contributed by atoms with van der Waals surface area (Å²) in [6.07, 6.45) is 6.80. The van der Waals surface area contributed by atoms with Gasteiger partial charge in [0, 0.05) is 35.2 Å². The lowest BCUT2D eigenvalue weighted by molar-refractivity contribution is -0.140. The van der Waals surface area contributed by atoms with E-state index in [9.17, 15) is 4.79 Å². The molecule has 1 saturated carbocycles. The molecule has 0 bridgehead atoms. The Labute approximate surface area is 200 Å². The lowest BCUT2D eigenvalue weighted by Gasteiger charge is -2.34. The number of rotatable bonds is 5. The minimum Gasteiger partial charge on any atom is -0.378 e. The fourth-order valence-corrected chi connectivity index (χ4v) is 4.83. The van der Waals surface area contributed by atoms with Crippen LogP contribution in [0.25, 0.3) is 11.0 Å². The highest BCUT2D eigenvalue weighted by atomic mass is 79.9. The summed E-state index contributed by atoms with van der Waals surface area (Å²) in [6.45, 7) is 2.70. The molecule has 2 aliphatic rings. The second-order valence-electron chi connectivity index (χ2n) is 8.42. The normalized spacial score (nSPS) is 21.1. The third-order valence-corrected chi connectivity index (χ3v) is 6.69. The average molecular weight is 512 g/mol. The van der Waals surface area contributed by atoms with Gasteiger partial charge in [-0.25, -0.2) is 19.9 Å². The summed E-state index contributed by atoms with van der Waals surface area (Å²) >= 11 is 3.49. The first-order valence-electron chi connectivity index (χ1n) is 11.3. The average Bonchev–Trinajstić information content (AvgIpc) is 2.85. The molecule has 172 valence electrons. The van der Waals surface area contributed by atoms with E-state index in [-0.39, 0.29) is 17.9 Å². The van der Waals surface area contributed by atoms with E-state index < -0.39 is 0 Å². The minimum absolute atomic E-state index is 0.105. The lowest BCUT2D eigenvalue weighted by Crippen LogP contribution is -2.45. The molecule has 3 heterocycles. The topological polar surface area (TPSA) is 105 Å². The molecule has 2 N–H and O–H groups in total. The number of halogens is 1. The van der Waals surface area contributed by atoms with Crippen LogP contribution in [0.4, 0.5) is 17.5 Å². The van der Waals surface area contributed by atoms with Gasteiger partial charge in [0.25, 0.3) is 0 Å². The Morgan fingerprint density at radius 3 is 2.70 bits per heavy atom. The van der Waals surface area contributed by atoms with Crippen LogP contribution in [0, 0.1) is 5.92 Å². The number of amides is 1. The molecule has 1 amide bonds. The zero-order valence-electron chi connectivity index (χ0n) is 18.2. The molecule has 0 radical (unpaired) electrons. The first-order chi connectivity index (χ1) is 16.2. The Balaban J connectivity index is 1.24. The van der Waals surface area contributed by atoms with E-state index in [0.717, 1.165) is 35.8 Å². The highest BCUT2D eigenvalue weighted by Crippen LogP contribution is 2.29. The number of fused-ring (bicyclic) bond motifs is 1. The standard InChI is InChI=1S/C23H26BrN7O2/c24-16-2-1-3-18(12-16)28-21-20-19(26-14-27-21)13-25-23(30-20)29-17-6-4-15(5-7-17)22(32)31-8-10-33-11-9-31/h1-3,12-15,17H,4-11H2,(H,25,29,30)(H,26,27,28)/t15-,17-.